The first-order chi connectivity index (χ1) is 17.1. The van der Waals surface area contributed by atoms with E-state index in [-0.39, 0.29) is 40.5 Å². The van der Waals surface area contributed by atoms with Crippen LogP contribution in [-0.4, -0.2) is 47.9 Å². The van der Waals surface area contributed by atoms with Crippen molar-refractivity contribution in [3.05, 3.63) is 77.2 Å². The highest BCUT2D eigenvalue weighted by atomic mass is 19.1. The summed E-state index contributed by atoms with van der Waals surface area (Å²) in [7, 11) is 14.3. The van der Waals surface area contributed by atoms with Crippen LogP contribution in [0.25, 0.3) is 22.0 Å². The van der Waals surface area contributed by atoms with Gasteiger partial charge in [0.15, 0.2) is 5.82 Å². The van der Waals surface area contributed by atoms with Crippen LogP contribution >= 0.6 is 0 Å². The zero-order valence-corrected chi connectivity index (χ0v) is 20.1. The van der Waals surface area contributed by atoms with Gasteiger partial charge in [-0.25, -0.2) is 8.78 Å². The van der Waals surface area contributed by atoms with Gasteiger partial charge in [0.2, 0.25) is 0 Å². The van der Waals surface area contributed by atoms with E-state index < -0.39 is 22.9 Å². The minimum atomic E-state index is -1.72. The van der Waals surface area contributed by atoms with E-state index in [4.69, 9.17) is 20.4 Å². The highest BCUT2D eigenvalue weighted by molar-refractivity contribution is 6.42. The SMILES string of the molecule is [B]C1([B])c2ncccc2C(=O)N1Cc1c(F)cc(-c2ccc(F)c3nn(C)cc23)cc1OCC(C)C. The minimum Gasteiger partial charge on any atom is -0.493 e. The Balaban J connectivity index is 1.60. The monoisotopic (exact) mass is 482 g/mol. The number of carbonyl (C=O) groups excluding carboxylic acids is 1. The molecular formula is C26H22B2F2N4O2. The third-order valence-corrected chi connectivity index (χ3v) is 6.20. The van der Waals surface area contributed by atoms with Crippen molar-refractivity contribution in [3.8, 4) is 16.9 Å². The number of nitrogens with zero attached hydrogens (tertiary/aromatic N) is 4. The lowest BCUT2D eigenvalue weighted by atomic mass is 9.59. The molecule has 1 aliphatic rings. The van der Waals surface area contributed by atoms with Crippen LogP contribution in [0.4, 0.5) is 8.78 Å². The Hall–Kier alpha value is -3.68. The summed E-state index contributed by atoms with van der Waals surface area (Å²) in [6, 6.07) is 9.10. The van der Waals surface area contributed by atoms with E-state index in [1.807, 2.05) is 13.8 Å². The predicted octanol–water partition coefficient (Wildman–Crippen LogP) is 4.05. The Morgan fingerprint density at radius 1 is 1.11 bits per heavy atom. The maximum absolute atomic E-state index is 15.8. The average Bonchev–Trinajstić information content (AvgIpc) is 3.31. The second-order valence-corrected chi connectivity index (χ2v) is 9.42. The van der Waals surface area contributed by atoms with E-state index >= 15 is 4.39 Å². The highest BCUT2D eigenvalue weighted by Gasteiger charge is 2.43. The second kappa shape index (κ2) is 8.76. The van der Waals surface area contributed by atoms with Gasteiger partial charge >= 0.3 is 0 Å². The number of aromatic nitrogens is 3. The molecule has 2 aromatic heterocycles. The molecule has 4 radical (unpaired) electrons. The number of rotatable bonds is 6. The van der Waals surface area contributed by atoms with Crippen LogP contribution < -0.4 is 4.74 Å². The number of amides is 1. The number of fused-ring (bicyclic) bond motifs is 2. The van der Waals surface area contributed by atoms with Gasteiger partial charge in [0.1, 0.15) is 17.1 Å². The fraction of sp³-hybridized carbons (Fsp3) is 0.269. The van der Waals surface area contributed by atoms with Crippen LogP contribution in [-0.2, 0) is 18.9 Å². The van der Waals surface area contributed by atoms with Crippen LogP contribution in [0.5, 0.6) is 5.75 Å². The Morgan fingerprint density at radius 2 is 1.89 bits per heavy atom. The van der Waals surface area contributed by atoms with Gasteiger partial charge in [0.05, 0.1) is 40.1 Å². The molecule has 0 N–H and O–H groups in total. The zero-order chi connectivity index (χ0) is 25.8. The maximum Gasteiger partial charge on any atom is 0.255 e. The van der Waals surface area contributed by atoms with Crippen LogP contribution in [0, 0.1) is 17.6 Å². The summed E-state index contributed by atoms with van der Waals surface area (Å²) >= 11 is 0. The molecule has 0 bridgehead atoms. The number of hydrogen-bond donors (Lipinski definition) is 0. The molecule has 6 nitrogen and oxygen atoms in total. The topological polar surface area (TPSA) is 60.2 Å². The van der Waals surface area contributed by atoms with Gasteiger partial charge in [0.25, 0.3) is 5.91 Å². The van der Waals surface area contributed by atoms with Gasteiger partial charge in [-0.2, -0.15) is 5.10 Å². The van der Waals surface area contributed by atoms with Crippen LogP contribution in [0.3, 0.4) is 0 Å². The minimum absolute atomic E-state index is 0.130. The Labute approximate surface area is 210 Å². The van der Waals surface area contributed by atoms with Crippen LogP contribution in [0.1, 0.15) is 35.5 Å². The van der Waals surface area contributed by atoms with Crippen LogP contribution in [0.15, 0.2) is 48.8 Å². The van der Waals surface area contributed by atoms with Gasteiger partial charge in [-0.15, -0.1) is 0 Å². The number of benzene rings is 2. The summed E-state index contributed by atoms with van der Waals surface area (Å²) in [5.74, 6) is -1.12. The molecule has 4 aromatic rings. The van der Waals surface area contributed by atoms with Crippen molar-refractivity contribution in [1.29, 1.82) is 0 Å². The summed E-state index contributed by atoms with van der Waals surface area (Å²) in [6.07, 6.45) is 3.18. The molecule has 0 fully saturated rings. The molecule has 5 rings (SSSR count). The summed E-state index contributed by atoms with van der Waals surface area (Å²) in [5, 5.41) is 3.00. The molecule has 0 spiro atoms. The molecule has 0 aliphatic carbocycles. The van der Waals surface area contributed by atoms with Gasteiger partial charge in [-0.3, -0.25) is 14.5 Å². The first-order valence-electron chi connectivity index (χ1n) is 11.5. The second-order valence-electron chi connectivity index (χ2n) is 9.42. The van der Waals surface area contributed by atoms with Crippen molar-refractivity contribution in [2.45, 2.75) is 25.7 Å². The average molecular weight is 482 g/mol. The Morgan fingerprint density at radius 3 is 2.61 bits per heavy atom. The molecule has 178 valence electrons. The third kappa shape index (κ3) is 3.94. The van der Waals surface area contributed by atoms with Crippen molar-refractivity contribution in [2.24, 2.45) is 13.0 Å². The van der Waals surface area contributed by atoms with E-state index in [9.17, 15) is 9.18 Å². The number of ether oxygens (including phenoxy) is 1. The van der Waals surface area contributed by atoms with Crippen LogP contribution in [0.2, 0.25) is 0 Å². The normalized spacial score (nSPS) is 14.6. The molecule has 0 atom stereocenters. The quantitative estimate of drug-likeness (QED) is 0.390. The molecule has 2 aromatic carbocycles. The number of pyridine rings is 1. The fourth-order valence-corrected chi connectivity index (χ4v) is 4.44. The van der Waals surface area contributed by atoms with E-state index in [2.05, 4.69) is 10.1 Å². The smallest absolute Gasteiger partial charge is 0.255 e. The summed E-state index contributed by atoms with van der Waals surface area (Å²) < 4.78 is 37.6. The molecule has 1 amide bonds. The van der Waals surface area contributed by atoms with E-state index in [0.29, 0.717) is 23.1 Å². The molecule has 3 heterocycles. The molecule has 0 saturated carbocycles. The lowest BCUT2D eigenvalue weighted by molar-refractivity contribution is 0.0727. The van der Waals surface area contributed by atoms with Gasteiger partial charge in [-0.1, -0.05) is 19.9 Å². The molecule has 0 unspecified atom stereocenters. The first-order valence-corrected chi connectivity index (χ1v) is 11.5. The first kappa shape index (κ1) is 24.0. The standard InChI is InChI=1S/C26H22B2F2N4O2/c1-14(2)13-36-22-10-15(16-6-7-20(29)23-18(16)11-33(3)32-23)9-21(30)19(22)12-34-25(35)17-5-4-8-31-24(17)26(34,27)28/h4-11,14H,12-13H2,1-3H3. The molecular weight excluding hydrogens is 460 g/mol. The van der Waals surface area contributed by atoms with Crippen molar-refractivity contribution >= 4 is 32.5 Å². The van der Waals surface area contributed by atoms with Crippen molar-refractivity contribution in [3.63, 3.8) is 0 Å². The highest BCUT2D eigenvalue weighted by Crippen LogP contribution is 2.39. The molecule has 1 aliphatic heterocycles. The van der Waals surface area contributed by atoms with E-state index in [1.54, 1.807) is 37.5 Å². The van der Waals surface area contributed by atoms with Crippen molar-refractivity contribution in [1.82, 2.24) is 19.7 Å². The fourth-order valence-electron chi connectivity index (χ4n) is 4.44. The van der Waals surface area contributed by atoms with Gasteiger partial charge < -0.3 is 9.64 Å². The molecule has 10 heteroatoms. The molecule has 36 heavy (non-hydrogen) atoms. The maximum atomic E-state index is 15.8. The summed E-state index contributed by atoms with van der Waals surface area (Å²) in [5.41, 5.74) is 1.90. The lowest BCUT2D eigenvalue weighted by Crippen LogP contribution is -2.45. The number of hydrogen-bond acceptors (Lipinski definition) is 4. The van der Waals surface area contributed by atoms with Gasteiger partial charge in [0, 0.05) is 35.7 Å². The van der Waals surface area contributed by atoms with E-state index in [0.717, 1.165) is 0 Å². The largest absolute Gasteiger partial charge is 0.493 e. The predicted molar refractivity (Wildman–Crippen MR) is 134 cm³/mol. The van der Waals surface area contributed by atoms with E-state index in [1.165, 1.54) is 27.9 Å². The lowest BCUT2D eigenvalue weighted by Gasteiger charge is -2.33. The number of carbonyl (C=O) groups is 1. The zero-order valence-electron chi connectivity index (χ0n) is 20.1. The number of halogens is 2. The van der Waals surface area contributed by atoms with Crippen molar-refractivity contribution in [2.75, 3.05) is 6.61 Å². The summed E-state index contributed by atoms with van der Waals surface area (Å²) in [4.78, 5) is 18.4. The molecule has 0 saturated heterocycles. The van der Waals surface area contributed by atoms with Crippen molar-refractivity contribution < 1.29 is 18.3 Å². The van der Waals surface area contributed by atoms with Gasteiger partial charge in [-0.05, 0) is 47.4 Å². The summed E-state index contributed by atoms with van der Waals surface area (Å²) in [6.45, 7) is 4.02. The Kier molecular flexibility index (Phi) is 5.85. The third-order valence-electron chi connectivity index (χ3n) is 6.20. The Bertz CT molecular complexity index is 1500. The number of aryl methyl sites for hydroxylation is 1.